The molecule has 0 unspecified atom stereocenters. The highest BCUT2D eigenvalue weighted by molar-refractivity contribution is 5.95. The van der Waals surface area contributed by atoms with E-state index in [1.807, 2.05) is 35.9 Å². The Balaban J connectivity index is 1.55. The lowest BCUT2D eigenvalue weighted by Gasteiger charge is -2.30. The molecule has 154 valence electrons. The summed E-state index contributed by atoms with van der Waals surface area (Å²) < 4.78 is 15.4. The van der Waals surface area contributed by atoms with Crippen molar-refractivity contribution in [1.29, 1.82) is 0 Å². The summed E-state index contributed by atoms with van der Waals surface area (Å²) in [4.78, 5) is 29.7. The van der Waals surface area contributed by atoms with E-state index < -0.39 is 0 Å². The van der Waals surface area contributed by atoms with Gasteiger partial charge in [0.2, 0.25) is 5.91 Å². The molecule has 0 aliphatic carbocycles. The van der Waals surface area contributed by atoms with Gasteiger partial charge >= 0.3 is 0 Å². The number of carbonyl (C=O) groups is 2. The van der Waals surface area contributed by atoms with Gasteiger partial charge in [0, 0.05) is 38.8 Å². The summed E-state index contributed by atoms with van der Waals surface area (Å²) in [5.41, 5.74) is 2.15. The summed E-state index contributed by atoms with van der Waals surface area (Å²) in [6.07, 6.45) is 4.07. The number of carbonyl (C=O) groups excluding carboxylic acids is 2. The molecular formula is C22H27FN4O2. The lowest BCUT2D eigenvalue weighted by atomic mass is 9.98. The number of rotatable bonds is 4. The standard InChI is InChI=1S/C22H27FN4O2/c1-3-26-13-19(15(2)24-26)22(29)25-12-17-7-5-9-21(28)27(20(17)14-25)11-16-6-4-8-18(23)10-16/h4,6,8,10,13,17,20H,3,5,7,9,11-12,14H2,1-2H3/t17-,20+/m1/s1. The second-order valence-corrected chi connectivity index (χ2v) is 8.07. The maximum Gasteiger partial charge on any atom is 0.257 e. The highest BCUT2D eigenvalue weighted by Crippen LogP contribution is 2.32. The quantitative estimate of drug-likeness (QED) is 0.796. The number of fused-ring (bicyclic) bond motifs is 1. The van der Waals surface area contributed by atoms with Crippen molar-refractivity contribution in [2.75, 3.05) is 13.1 Å². The van der Waals surface area contributed by atoms with Gasteiger partial charge in [0.05, 0.1) is 17.3 Å². The zero-order valence-electron chi connectivity index (χ0n) is 17.0. The van der Waals surface area contributed by atoms with Crippen molar-refractivity contribution in [2.45, 2.75) is 52.2 Å². The van der Waals surface area contributed by atoms with Gasteiger partial charge in [0.15, 0.2) is 0 Å². The molecule has 0 saturated carbocycles. The topological polar surface area (TPSA) is 58.4 Å². The molecule has 29 heavy (non-hydrogen) atoms. The van der Waals surface area contributed by atoms with Crippen molar-refractivity contribution < 1.29 is 14.0 Å². The highest BCUT2D eigenvalue weighted by atomic mass is 19.1. The third-order valence-electron chi connectivity index (χ3n) is 6.12. The van der Waals surface area contributed by atoms with E-state index in [9.17, 15) is 14.0 Å². The van der Waals surface area contributed by atoms with E-state index in [2.05, 4.69) is 5.10 Å². The van der Waals surface area contributed by atoms with E-state index in [1.54, 1.807) is 10.7 Å². The summed E-state index contributed by atoms with van der Waals surface area (Å²) in [6.45, 7) is 6.11. The van der Waals surface area contributed by atoms with Crippen LogP contribution < -0.4 is 0 Å². The second kappa shape index (κ2) is 7.97. The normalized spacial score (nSPS) is 22.0. The van der Waals surface area contributed by atoms with Crippen LogP contribution in [-0.2, 0) is 17.9 Å². The van der Waals surface area contributed by atoms with Gasteiger partial charge in [0.25, 0.3) is 5.91 Å². The Morgan fingerprint density at radius 3 is 2.86 bits per heavy atom. The Bertz CT molecular complexity index is 925. The Labute approximate surface area is 170 Å². The van der Waals surface area contributed by atoms with Gasteiger partial charge in [-0.3, -0.25) is 14.3 Å². The van der Waals surface area contributed by atoms with Crippen LogP contribution in [0.5, 0.6) is 0 Å². The van der Waals surface area contributed by atoms with Gasteiger partial charge in [0.1, 0.15) is 5.82 Å². The lowest BCUT2D eigenvalue weighted by molar-refractivity contribution is -0.133. The maximum atomic E-state index is 13.6. The van der Waals surface area contributed by atoms with E-state index >= 15 is 0 Å². The molecule has 1 aromatic carbocycles. The van der Waals surface area contributed by atoms with Crippen molar-refractivity contribution in [3.05, 3.63) is 53.1 Å². The monoisotopic (exact) mass is 398 g/mol. The second-order valence-electron chi connectivity index (χ2n) is 8.07. The van der Waals surface area contributed by atoms with Crippen molar-refractivity contribution in [1.82, 2.24) is 19.6 Å². The average molecular weight is 398 g/mol. The van der Waals surface area contributed by atoms with E-state index in [-0.39, 0.29) is 29.6 Å². The van der Waals surface area contributed by atoms with Crippen molar-refractivity contribution in [3.8, 4) is 0 Å². The van der Waals surface area contributed by atoms with Gasteiger partial charge in [-0.15, -0.1) is 0 Å². The van der Waals surface area contributed by atoms with Gasteiger partial charge in [-0.05, 0) is 50.3 Å². The Kier molecular flexibility index (Phi) is 5.39. The minimum absolute atomic E-state index is 0.0200. The van der Waals surface area contributed by atoms with Crippen LogP contribution in [0, 0.1) is 18.7 Å². The number of hydrogen-bond acceptors (Lipinski definition) is 3. The van der Waals surface area contributed by atoms with Crippen LogP contribution in [0.1, 0.15) is 47.8 Å². The van der Waals surface area contributed by atoms with Gasteiger partial charge in [-0.25, -0.2) is 4.39 Å². The summed E-state index contributed by atoms with van der Waals surface area (Å²) in [7, 11) is 0. The number of nitrogens with zero attached hydrogens (tertiary/aromatic N) is 4. The molecule has 0 radical (unpaired) electrons. The first kappa shape index (κ1) is 19.6. The Hall–Kier alpha value is -2.70. The zero-order valence-corrected chi connectivity index (χ0v) is 17.0. The Morgan fingerprint density at radius 1 is 1.31 bits per heavy atom. The molecule has 2 amide bonds. The van der Waals surface area contributed by atoms with E-state index in [1.165, 1.54) is 12.1 Å². The fraction of sp³-hybridized carbons (Fsp3) is 0.500. The van der Waals surface area contributed by atoms with Crippen LogP contribution in [-0.4, -0.2) is 50.5 Å². The number of amides is 2. The maximum absolute atomic E-state index is 13.6. The van der Waals surface area contributed by atoms with Crippen LogP contribution in [0.15, 0.2) is 30.5 Å². The number of hydrogen-bond donors (Lipinski definition) is 0. The van der Waals surface area contributed by atoms with Gasteiger partial charge < -0.3 is 9.80 Å². The summed E-state index contributed by atoms with van der Waals surface area (Å²) >= 11 is 0. The molecule has 0 spiro atoms. The van der Waals surface area contributed by atoms with E-state index in [0.717, 1.165) is 30.6 Å². The van der Waals surface area contributed by atoms with Gasteiger partial charge in [-0.1, -0.05) is 12.1 Å². The predicted octanol–water partition coefficient (Wildman–Crippen LogP) is 3.00. The molecule has 2 aliphatic heterocycles. The van der Waals surface area contributed by atoms with Crippen LogP contribution in [0.25, 0.3) is 0 Å². The molecule has 2 saturated heterocycles. The number of halogens is 1. The molecule has 3 heterocycles. The molecule has 4 rings (SSSR count). The molecule has 2 aromatic rings. The minimum Gasteiger partial charge on any atom is -0.336 e. The van der Waals surface area contributed by atoms with E-state index in [0.29, 0.717) is 31.6 Å². The van der Waals surface area contributed by atoms with Crippen molar-refractivity contribution in [3.63, 3.8) is 0 Å². The van der Waals surface area contributed by atoms with Crippen molar-refractivity contribution in [2.24, 2.45) is 5.92 Å². The largest absolute Gasteiger partial charge is 0.336 e. The fourth-order valence-corrected chi connectivity index (χ4v) is 4.60. The highest BCUT2D eigenvalue weighted by Gasteiger charge is 2.42. The SMILES string of the molecule is CCn1cc(C(=O)N2C[C@H]3CCCC(=O)N(Cc4cccc(F)c4)[C@H]3C2)c(C)n1. The van der Waals surface area contributed by atoms with Crippen LogP contribution in [0.4, 0.5) is 4.39 Å². The minimum atomic E-state index is -0.298. The fourth-order valence-electron chi connectivity index (χ4n) is 4.60. The number of aryl methyl sites for hydroxylation is 2. The summed E-state index contributed by atoms with van der Waals surface area (Å²) in [5.74, 6) is 0.0212. The lowest BCUT2D eigenvalue weighted by Crippen LogP contribution is -2.43. The zero-order chi connectivity index (χ0) is 20.5. The first-order valence-electron chi connectivity index (χ1n) is 10.3. The first-order valence-corrected chi connectivity index (χ1v) is 10.3. The number of aromatic nitrogens is 2. The summed E-state index contributed by atoms with van der Waals surface area (Å²) in [6, 6.07) is 6.37. The molecular weight excluding hydrogens is 371 g/mol. The summed E-state index contributed by atoms with van der Waals surface area (Å²) in [5, 5.41) is 4.39. The van der Waals surface area contributed by atoms with Crippen molar-refractivity contribution >= 4 is 11.8 Å². The van der Waals surface area contributed by atoms with Crippen LogP contribution in [0.3, 0.4) is 0 Å². The number of likely N-dealkylation sites (tertiary alicyclic amines) is 2. The first-order chi connectivity index (χ1) is 14.0. The third kappa shape index (κ3) is 3.91. The molecule has 2 fully saturated rings. The molecule has 6 nitrogen and oxygen atoms in total. The molecule has 2 atom stereocenters. The third-order valence-corrected chi connectivity index (χ3v) is 6.12. The van der Waals surface area contributed by atoms with Crippen LogP contribution >= 0.6 is 0 Å². The molecule has 0 N–H and O–H groups in total. The van der Waals surface area contributed by atoms with Gasteiger partial charge in [-0.2, -0.15) is 5.10 Å². The molecule has 0 bridgehead atoms. The Morgan fingerprint density at radius 2 is 2.14 bits per heavy atom. The smallest absolute Gasteiger partial charge is 0.257 e. The number of benzene rings is 1. The average Bonchev–Trinajstić information content (AvgIpc) is 3.25. The molecule has 1 aromatic heterocycles. The van der Waals surface area contributed by atoms with E-state index in [4.69, 9.17) is 0 Å². The van der Waals surface area contributed by atoms with Crippen LogP contribution in [0.2, 0.25) is 0 Å². The molecule has 7 heteroatoms. The molecule has 2 aliphatic rings. The predicted molar refractivity (Wildman–Crippen MR) is 107 cm³/mol.